The van der Waals surface area contributed by atoms with Gasteiger partial charge >= 0.3 is 0 Å². The Kier molecular flexibility index (Phi) is 4.56. The van der Waals surface area contributed by atoms with Gasteiger partial charge in [-0.3, -0.25) is 9.97 Å². The van der Waals surface area contributed by atoms with Crippen LogP contribution in [0, 0.1) is 0 Å². The van der Waals surface area contributed by atoms with Gasteiger partial charge < -0.3 is 14.8 Å². The number of rotatable bonds is 4. The summed E-state index contributed by atoms with van der Waals surface area (Å²) in [6.45, 7) is 0. The van der Waals surface area contributed by atoms with E-state index in [1.165, 1.54) is 31.4 Å². The average Bonchev–Trinajstić information content (AvgIpc) is 3.48. The molecule has 1 saturated carbocycles. The van der Waals surface area contributed by atoms with Crippen molar-refractivity contribution in [3.63, 3.8) is 0 Å². The van der Waals surface area contributed by atoms with Crippen molar-refractivity contribution in [2.45, 2.75) is 43.8 Å². The number of pyridine rings is 2. The molecule has 0 spiro atoms. The molecule has 2 atom stereocenters. The summed E-state index contributed by atoms with van der Waals surface area (Å²) in [7, 11) is 0. The Hall–Kier alpha value is -2.73. The molecule has 2 aliphatic rings. The fourth-order valence-electron chi connectivity index (χ4n) is 4.62. The Morgan fingerprint density at radius 2 is 1.89 bits per heavy atom. The molecule has 4 heterocycles. The quantitative estimate of drug-likeness (QED) is 0.678. The van der Waals surface area contributed by atoms with Crippen LogP contribution in [0.4, 0.5) is 0 Å². The maximum Gasteiger partial charge on any atom is 0.170 e. The monoisotopic (exact) mass is 389 g/mol. The zero-order valence-corrected chi connectivity index (χ0v) is 16.4. The molecule has 5 nitrogen and oxygen atoms in total. The first kappa shape index (κ1) is 17.4. The van der Waals surface area contributed by atoms with Gasteiger partial charge in [-0.25, -0.2) is 0 Å². The molecule has 28 heavy (non-hydrogen) atoms. The summed E-state index contributed by atoms with van der Waals surface area (Å²) in [5, 5.41) is 4.42. The molecular weight excluding hydrogens is 366 g/mol. The second-order valence-electron chi connectivity index (χ2n) is 7.49. The van der Waals surface area contributed by atoms with Crippen LogP contribution in [0.25, 0.3) is 5.69 Å². The smallest absolute Gasteiger partial charge is 0.170 e. The number of aromatic nitrogens is 3. The van der Waals surface area contributed by atoms with Crippen LogP contribution in [0.5, 0.6) is 0 Å². The molecule has 0 radical (unpaired) electrons. The lowest BCUT2D eigenvalue weighted by molar-refractivity contribution is 0.239. The SMILES string of the molecule is S=C1NC(c2ccccn2)C(c2cccn2-c2cccnc2)N1C1CCCC1. The highest BCUT2D eigenvalue weighted by Gasteiger charge is 2.44. The molecule has 1 N–H and O–H groups in total. The standard InChI is InChI=1S/C22H23N5S/c28-22-25-20(18-10-3-4-13-24-18)21(27(22)16-7-1-2-8-16)19-11-6-14-26(19)17-9-5-12-23-15-17/h3-6,9-16,20-21H,1-2,7-8H2,(H,25,28). The third-order valence-electron chi connectivity index (χ3n) is 5.86. The minimum Gasteiger partial charge on any atom is -0.352 e. The van der Waals surface area contributed by atoms with Crippen molar-refractivity contribution in [2.24, 2.45) is 0 Å². The van der Waals surface area contributed by atoms with Gasteiger partial charge in [0, 0.05) is 30.3 Å². The minimum atomic E-state index is 0.0274. The third-order valence-corrected chi connectivity index (χ3v) is 6.19. The molecular formula is C22H23N5S. The van der Waals surface area contributed by atoms with Crippen LogP contribution in [0.2, 0.25) is 0 Å². The summed E-state index contributed by atoms with van der Waals surface area (Å²) >= 11 is 5.83. The lowest BCUT2D eigenvalue weighted by Gasteiger charge is -2.33. The Labute approximate surface area is 170 Å². The molecule has 0 amide bonds. The fourth-order valence-corrected chi connectivity index (χ4v) is 5.01. The van der Waals surface area contributed by atoms with Crippen LogP contribution in [0.3, 0.4) is 0 Å². The van der Waals surface area contributed by atoms with E-state index in [4.69, 9.17) is 12.2 Å². The summed E-state index contributed by atoms with van der Waals surface area (Å²) in [4.78, 5) is 11.4. The van der Waals surface area contributed by atoms with Crippen molar-refractivity contribution < 1.29 is 0 Å². The first-order chi connectivity index (χ1) is 13.8. The van der Waals surface area contributed by atoms with Gasteiger partial charge in [0.15, 0.2) is 5.11 Å². The van der Waals surface area contributed by atoms with Crippen LogP contribution >= 0.6 is 12.2 Å². The number of hydrogen-bond donors (Lipinski definition) is 1. The summed E-state index contributed by atoms with van der Waals surface area (Å²) < 4.78 is 2.23. The highest BCUT2D eigenvalue weighted by molar-refractivity contribution is 7.80. The van der Waals surface area contributed by atoms with Gasteiger partial charge in [0.25, 0.3) is 0 Å². The molecule has 3 aromatic heterocycles. The maximum absolute atomic E-state index is 5.83. The molecule has 2 unspecified atom stereocenters. The molecule has 0 aromatic carbocycles. The van der Waals surface area contributed by atoms with Crippen molar-refractivity contribution in [3.8, 4) is 5.69 Å². The van der Waals surface area contributed by atoms with Crippen LogP contribution < -0.4 is 5.32 Å². The molecule has 142 valence electrons. The number of nitrogens with zero attached hydrogens (tertiary/aromatic N) is 4. The Bertz CT molecular complexity index is 949. The van der Waals surface area contributed by atoms with Gasteiger partial charge in [-0.1, -0.05) is 18.9 Å². The second-order valence-corrected chi connectivity index (χ2v) is 7.87. The van der Waals surface area contributed by atoms with Gasteiger partial charge in [0.2, 0.25) is 0 Å². The van der Waals surface area contributed by atoms with Crippen LogP contribution in [0.1, 0.15) is 49.2 Å². The largest absolute Gasteiger partial charge is 0.352 e. The van der Waals surface area contributed by atoms with E-state index < -0.39 is 0 Å². The molecule has 3 aromatic rings. The highest BCUT2D eigenvalue weighted by atomic mass is 32.1. The zero-order valence-electron chi connectivity index (χ0n) is 15.6. The van der Waals surface area contributed by atoms with Crippen LogP contribution in [-0.4, -0.2) is 30.6 Å². The van der Waals surface area contributed by atoms with Crippen molar-refractivity contribution in [2.75, 3.05) is 0 Å². The zero-order chi connectivity index (χ0) is 18.9. The Morgan fingerprint density at radius 1 is 1.00 bits per heavy atom. The topological polar surface area (TPSA) is 46.0 Å². The summed E-state index contributed by atoms with van der Waals surface area (Å²) in [5.41, 5.74) is 3.30. The molecule has 1 aliphatic carbocycles. The van der Waals surface area contributed by atoms with Gasteiger partial charge in [-0.15, -0.1) is 0 Å². The van der Waals surface area contributed by atoms with E-state index in [1.807, 2.05) is 30.6 Å². The maximum atomic E-state index is 5.83. The Morgan fingerprint density at radius 3 is 2.64 bits per heavy atom. The number of thiocarbonyl (C=S) groups is 1. The van der Waals surface area contributed by atoms with E-state index in [9.17, 15) is 0 Å². The molecule has 5 rings (SSSR count). The highest BCUT2D eigenvalue weighted by Crippen LogP contribution is 2.43. The lowest BCUT2D eigenvalue weighted by atomic mass is 9.99. The first-order valence-electron chi connectivity index (χ1n) is 9.90. The van der Waals surface area contributed by atoms with Crippen molar-refractivity contribution in [3.05, 3.63) is 78.6 Å². The molecule has 6 heteroatoms. The van der Waals surface area contributed by atoms with Gasteiger partial charge in [0.1, 0.15) is 0 Å². The van der Waals surface area contributed by atoms with E-state index in [0.29, 0.717) is 6.04 Å². The predicted molar refractivity (Wildman–Crippen MR) is 113 cm³/mol. The molecule has 1 saturated heterocycles. The summed E-state index contributed by atoms with van der Waals surface area (Å²) in [6, 6.07) is 15.1. The normalized spacial score (nSPS) is 22.6. The van der Waals surface area contributed by atoms with E-state index in [-0.39, 0.29) is 12.1 Å². The van der Waals surface area contributed by atoms with Crippen molar-refractivity contribution in [1.82, 2.24) is 24.8 Å². The van der Waals surface area contributed by atoms with E-state index in [1.54, 1.807) is 6.20 Å². The molecule has 0 bridgehead atoms. The van der Waals surface area contributed by atoms with Gasteiger partial charge in [0.05, 0.1) is 29.7 Å². The van der Waals surface area contributed by atoms with Crippen LogP contribution in [0.15, 0.2) is 67.3 Å². The van der Waals surface area contributed by atoms with Crippen molar-refractivity contribution in [1.29, 1.82) is 0 Å². The van der Waals surface area contributed by atoms with E-state index in [0.717, 1.165) is 16.5 Å². The predicted octanol–water partition coefficient (Wildman–Crippen LogP) is 4.18. The fraction of sp³-hybridized carbons (Fsp3) is 0.318. The van der Waals surface area contributed by atoms with Crippen molar-refractivity contribution >= 4 is 17.3 Å². The summed E-state index contributed by atoms with van der Waals surface area (Å²) in [5.74, 6) is 0. The molecule has 2 fully saturated rings. The van der Waals surface area contributed by atoms with E-state index in [2.05, 4.69) is 55.2 Å². The average molecular weight is 390 g/mol. The second kappa shape index (κ2) is 7.36. The summed E-state index contributed by atoms with van der Waals surface area (Å²) in [6.07, 6.45) is 12.6. The van der Waals surface area contributed by atoms with E-state index >= 15 is 0 Å². The number of hydrogen-bond acceptors (Lipinski definition) is 3. The van der Waals surface area contributed by atoms with Gasteiger partial charge in [-0.2, -0.15) is 0 Å². The lowest BCUT2D eigenvalue weighted by Crippen LogP contribution is -2.38. The molecule has 1 aliphatic heterocycles. The first-order valence-corrected chi connectivity index (χ1v) is 10.3. The van der Waals surface area contributed by atoms with Gasteiger partial charge in [-0.05, 0) is 61.5 Å². The van der Waals surface area contributed by atoms with Crippen LogP contribution in [-0.2, 0) is 0 Å². The third kappa shape index (κ3) is 2.98. The number of nitrogens with one attached hydrogen (secondary N) is 1. The Balaban J connectivity index is 1.62. The minimum absolute atomic E-state index is 0.0274.